The number of hydrogen-bond donors (Lipinski definition) is 0. The number of esters is 1. The van der Waals surface area contributed by atoms with Crippen LogP contribution >= 0.6 is 24.0 Å². The van der Waals surface area contributed by atoms with Crippen molar-refractivity contribution < 1.29 is 9.53 Å². The number of aromatic nitrogens is 1. The molecule has 0 amide bonds. The van der Waals surface area contributed by atoms with Gasteiger partial charge in [0.1, 0.15) is 0 Å². The molecule has 0 atom stereocenters. The van der Waals surface area contributed by atoms with Crippen molar-refractivity contribution in [3.63, 3.8) is 0 Å². The minimum Gasteiger partial charge on any atom is -0.465 e. The van der Waals surface area contributed by atoms with Crippen molar-refractivity contribution >= 4 is 30.0 Å². The van der Waals surface area contributed by atoms with Crippen LogP contribution in [0.2, 0.25) is 5.02 Å². The zero-order valence-corrected chi connectivity index (χ0v) is 17.1. The number of carbonyl (C=O) groups is 1. The molecule has 144 valence electrons. The normalized spacial score (nSPS) is 12.2. The van der Waals surface area contributed by atoms with E-state index in [2.05, 4.69) is 6.07 Å². The molecule has 0 saturated heterocycles. The summed E-state index contributed by atoms with van der Waals surface area (Å²) >= 11 is 6.17. The van der Waals surface area contributed by atoms with Crippen molar-refractivity contribution in [1.29, 1.82) is 0 Å². The lowest BCUT2D eigenvalue weighted by molar-refractivity contribution is 0.0600. The maximum Gasteiger partial charge on any atom is 0.337 e. The molecule has 0 radical (unpaired) electrons. The van der Waals surface area contributed by atoms with Gasteiger partial charge < -0.3 is 4.74 Å². The average Bonchev–Trinajstić information content (AvgIpc) is 3.17. The van der Waals surface area contributed by atoms with Gasteiger partial charge in [-0.1, -0.05) is 35.9 Å². The number of fused-ring (bicyclic) bond motifs is 1. The summed E-state index contributed by atoms with van der Waals surface area (Å²) in [5, 5.41) is 0.717. The first kappa shape index (κ1) is 20.4. The fourth-order valence-corrected chi connectivity index (χ4v) is 3.87. The van der Waals surface area contributed by atoms with Crippen molar-refractivity contribution in [2.24, 2.45) is 0 Å². The van der Waals surface area contributed by atoms with Gasteiger partial charge in [0, 0.05) is 16.3 Å². The van der Waals surface area contributed by atoms with Gasteiger partial charge in [0.15, 0.2) is 0 Å². The Morgan fingerprint density at radius 3 is 2.61 bits per heavy atom. The molecule has 0 aliphatic heterocycles. The first-order valence-electron chi connectivity index (χ1n) is 9.09. The third kappa shape index (κ3) is 4.21. The Bertz CT molecular complexity index is 1000. The number of pyridine rings is 1. The Labute approximate surface area is 176 Å². The molecule has 2 aromatic carbocycles. The minimum atomic E-state index is -0.311. The molecule has 28 heavy (non-hydrogen) atoms. The maximum atomic E-state index is 11.6. The molecule has 0 fully saturated rings. The first-order valence-corrected chi connectivity index (χ1v) is 9.46. The average molecular weight is 414 g/mol. The van der Waals surface area contributed by atoms with E-state index in [0.29, 0.717) is 5.56 Å². The SMILES string of the molecule is COC(=O)c1ccc(Cc2cc(-c3cccc(Cl)c3)nc3c2CCC3)cc1.Cl. The third-order valence-electron chi connectivity index (χ3n) is 5.03. The number of rotatable bonds is 4. The highest BCUT2D eigenvalue weighted by molar-refractivity contribution is 6.30. The molecule has 3 aromatic rings. The van der Waals surface area contributed by atoms with E-state index in [-0.39, 0.29) is 18.4 Å². The number of aryl methyl sites for hydroxylation is 1. The van der Waals surface area contributed by atoms with Crippen LogP contribution in [0.3, 0.4) is 0 Å². The molecule has 3 nitrogen and oxygen atoms in total. The second-order valence-corrected chi connectivity index (χ2v) is 7.26. The van der Waals surface area contributed by atoms with Crippen molar-refractivity contribution in [2.45, 2.75) is 25.7 Å². The topological polar surface area (TPSA) is 39.2 Å². The van der Waals surface area contributed by atoms with E-state index in [0.717, 1.165) is 42.0 Å². The largest absolute Gasteiger partial charge is 0.465 e. The van der Waals surface area contributed by atoms with Gasteiger partial charge >= 0.3 is 5.97 Å². The Morgan fingerprint density at radius 2 is 1.89 bits per heavy atom. The van der Waals surface area contributed by atoms with Gasteiger partial charge in [0.25, 0.3) is 0 Å². The second-order valence-electron chi connectivity index (χ2n) is 6.82. The van der Waals surface area contributed by atoms with E-state index in [1.807, 2.05) is 48.5 Å². The van der Waals surface area contributed by atoms with Gasteiger partial charge in [-0.15, -0.1) is 12.4 Å². The summed E-state index contributed by atoms with van der Waals surface area (Å²) in [6.07, 6.45) is 4.07. The summed E-state index contributed by atoms with van der Waals surface area (Å²) in [4.78, 5) is 16.5. The molecule has 5 heteroatoms. The van der Waals surface area contributed by atoms with E-state index in [1.165, 1.54) is 29.5 Å². The Balaban J connectivity index is 0.00000225. The van der Waals surface area contributed by atoms with Crippen LogP contribution in [0.1, 0.15) is 39.2 Å². The predicted molar refractivity (Wildman–Crippen MR) is 115 cm³/mol. The predicted octanol–water partition coefficient (Wildman–Crippen LogP) is 5.69. The molecular weight excluding hydrogens is 393 g/mol. The van der Waals surface area contributed by atoms with Crippen LogP contribution < -0.4 is 0 Å². The molecule has 0 unspecified atom stereocenters. The maximum absolute atomic E-state index is 11.6. The molecule has 0 bridgehead atoms. The Kier molecular flexibility index (Phi) is 6.38. The van der Waals surface area contributed by atoms with Crippen LogP contribution in [0.25, 0.3) is 11.3 Å². The van der Waals surface area contributed by atoms with Crippen LogP contribution in [0.5, 0.6) is 0 Å². The molecule has 4 rings (SSSR count). The van der Waals surface area contributed by atoms with Crippen LogP contribution in [0.4, 0.5) is 0 Å². The van der Waals surface area contributed by atoms with Gasteiger partial charge in [-0.3, -0.25) is 4.98 Å². The fourth-order valence-electron chi connectivity index (χ4n) is 3.68. The van der Waals surface area contributed by atoms with Crippen LogP contribution in [0.15, 0.2) is 54.6 Å². The zero-order valence-electron chi connectivity index (χ0n) is 15.6. The molecule has 0 saturated carbocycles. The van der Waals surface area contributed by atoms with Crippen molar-refractivity contribution in [3.8, 4) is 11.3 Å². The van der Waals surface area contributed by atoms with E-state index >= 15 is 0 Å². The summed E-state index contributed by atoms with van der Waals surface area (Å²) < 4.78 is 4.77. The lowest BCUT2D eigenvalue weighted by Crippen LogP contribution is -2.02. The number of nitrogens with zero attached hydrogens (tertiary/aromatic N) is 1. The van der Waals surface area contributed by atoms with Gasteiger partial charge in [-0.05, 0) is 72.7 Å². The molecule has 1 heterocycles. The van der Waals surface area contributed by atoms with Crippen LogP contribution in [0, 0.1) is 0 Å². The molecule has 1 aliphatic rings. The summed E-state index contributed by atoms with van der Waals surface area (Å²) in [6.45, 7) is 0. The lowest BCUT2D eigenvalue weighted by Gasteiger charge is -2.12. The van der Waals surface area contributed by atoms with Crippen molar-refractivity contribution in [2.75, 3.05) is 7.11 Å². The highest BCUT2D eigenvalue weighted by Crippen LogP contribution is 2.31. The molecular formula is C23H21Cl2NO2. The van der Waals surface area contributed by atoms with E-state index < -0.39 is 0 Å². The number of ether oxygens (including phenoxy) is 1. The number of carbonyl (C=O) groups excluding carboxylic acids is 1. The Hall–Kier alpha value is -2.36. The van der Waals surface area contributed by atoms with Gasteiger partial charge in [0.05, 0.1) is 18.4 Å². The number of halogens is 2. The number of methoxy groups -OCH3 is 1. The highest BCUT2D eigenvalue weighted by Gasteiger charge is 2.19. The monoisotopic (exact) mass is 413 g/mol. The van der Waals surface area contributed by atoms with E-state index in [4.69, 9.17) is 21.3 Å². The van der Waals surface area contributed by atoms with Gasteiger partial charge in [0.2, 0.25) is 0 Å². The fraction of sp³-hybridized carbons (Fsp3) is 0.217. The molecule has 1 aromatic heterocycles. The smallest absolute Gasteiger partial charge is 0.337 e. The molecule has 1 aliphatic carbocycles. The Morgan fingerprint density at radius 1 is 1.11 bits per heavy atom. The standard InChI is InChI=1S/C23H20ClNO2.ClH/c1-27-23(26)16-10-8-15(9-11-16)12-18-14-22(17-4-2-5-19(24)13-17)25-21-7-3-6-20(18)21;/h2,4-5,8-11,13-14H,3,6-7,12H2,1H3;1H. The quantitative estimate of drug-likeness (QED) is 0.515. The van der Waals surface area contributed by atoms with Crippen molar-refractivity contribution in [3.05, 3.63) is 87.6 Å². The lowest BCUT2D eigenvalue weighted by atomic mass is 9.97. The minimum absolute atomic E-state index is 0. The summed E-state index contributed by atoms with van der Waals surface area (Å²) in [5.74, 6) is -0.311. The third-order valence-corrected chi connectivity index (χ3v) is 5.27. The van der Waals surface area contributed by atoms with Gasteiger partial charge in [-0.2, -0.15) is 0 Å². The van der Waals surface area contributed by atoms with Crippen molar-refractivity contribution in [1.82, 2.24) is 4.98 Å². The first-order chi connectivity index (χ1) is 13.1. The summed E-state index contributed by atoms with van der Waals surface area (Å²) in [6, 6.07) is 17.6. The van der Waals surface area contributed by atoms with Gasteiger partial charge in [-0.25, -0.2) is 4.79 Å². The molecule has 0 spiro atoms. The van der Waals surface area contributed by atoms with Crippen LogP contribution in [-0.4, -0.2) is 18.1 Å². The number of hydrogen-bond acceptors (Lipinski definition) is 3. The molecule has 0 N–H and O–H groups in total. The summed E-state index contributed by atoms with van der Waals surface area (Å²) in [7, 11) is 1.40. The number of benzene rings is 2. The summed E-state index contributed by atoms with van der Waals surface area (Å²) in [5.41, 5.74) is 7.63. The second kappa shape index (κ2) is 8.76. The zero-order chi connectivity index (χ0) is 18.8. The van der Waals surface area contributed by atoms with E-state index in [1.54, 1.807) is 0 Å². The van der Waals surface area contributed by atoms with E-state index in [9.17, 15) is 4.79 Å². The van der Waals surface area contributed by atoms with Crippen LogP contribution in [-0.2, 0) is 24.0 Å². The highest BCUT2D eigenvalue weighted by atomic mass is 35.5.